The summed E-state index contributed by atoms with van der Waals surface area (Å²) in [7, 11) is 71.2. The monoisotopic (exact) mass is 983 g/mol. The highest BCUT2D eigenvalue weighted by Gasteiger charge is 2.32. The molecule has 1 aromatic heterocycles. The maximum Gasteiger partial charge on any atom is 0.145 e. The van der Waals surface area contributed by atoms with Crippen LogP contribution in [0.3, 0.4) is 0 Å². The molecule has 10 rings (SSSR count). The van der Waals surface area contributed by atoms with Gasteiger partial charge >= 0.3 is 0 Å². The van der Waals surface area contributed by atoms with Gasteiger partial charge in [0.15, 0.2) is 0 Å². The molecule has 0 spiro atoms. The molecule has 0 radical (unpaired) electrons. The molecule has 1 nitrogen and oxygen atoms in total. The van der Waals surface area contributed by atoms with Crippen LogP contribution < -0.4 is 164 Å². The summed E-state index contributed by atoms with van der Waals surface area (Å²) < 4.78 is 7.19. The van der Waals surface area contributed by atoms with Crippen LogP contribution in [-0.2, 0) is 0 Å². The molecule has 348 valence electrons. The van der Waals surface area contributed by atoms with E-state index < -0.39 is 0 Å². The smallest absolute Gasteiger partial charge is 0.145 e. The first-order valence-corrected chi connectivity index (χ1v) is 29.4. The van der Waals surface area contributed by atoms with E-state index in [0.29, 0.717) is 0 Å². The maximum absolute atomic E-state index is 7.19. The van der Waals surface area contributed by atoms with Gasteiger partial charge in [-0.25, -0.2) is 0 Å². The quantitative estimate of drug-likeness (QED) is 0.127. The molecule has 0 unspecified atom stereocenters. The zero-order valence-corrected chi connectivity index (χ0v) is 54.4. The van der Waals surface area contributed by atoms with Crippen LogP contribution in [0.1, 0.15) is 0 Å². The van der Waals surface area contributed by atoms with Gasteiger partial charge in [0.1, 0.15) is 247 Å². The Hall–Kier alpha value is -4.49. The van der Waals surface area contributed by atoms with E-state index in [2.05, 4.69) is 235 Å². The van der Waals surface area contributed by atoms with Gasteiger partial charge in [0.05, 0.1) is 0 Å². The van der Waals surface area contributed by atoms with Crippen LogP contribution >= 0.6 is 0 Å². The summed E-state index contributed by atoms with van der Waals surface area (Å²) in [6, 6.07) is 0. The third kappa shape index (κ3) is 7.52. The van der Waals surface area contributed by atoms with Crippen molar-refractivity contribution in [3.63, 3.8) is 0 Å². The van der Waals surface area contributed by atoms with Crippen molar-refractivity contribution in [1.29, 1.82) is 0 Å². The Morgan fingerprint density at radius 2 is 0.304 bits per heavy atom. The fourth-order valence-corrected chi connectivity index (χ4v) is 16.0. The van der Waals surface area contributed by atoms with Crippen LogP contribution in [0.4, 0.5) is 0 Å². The van der Waals surface area contributed by atoms with Crippen LogP contribution in [-0.4, -0.2) is 235 Å². The molecule has 0 aliphatic carbocycles. The van der Waals surface area contributed by atoms with E-state index >= 15 is 0 Å². The average molecular weight is 977 g/mol. The maximum atomic E-state index is 7.19. The number of hydrogen-bond acceptors (Lipinski definition) is 1. The predicted molar refractivity (Wildman–Crippen MR) is 453 cm³/mol. The van der Waals surface area contributed by atoms with Gasteiger partial charge in [-0.3, -0.25) is 0 Å². The second kappa shape index (κ2) is 19.6. The first-order chi connectivity index (χ1) is 36.8. The molecule has 9 aromatic carbocycles. The van der Waals surface area contributed by atoms with E-state index in [-0.39, 0.29) is 0 Å². The fraction of sp³-hybridized carbons (Fsp3) is 0. The van der Waals surface area contributed by atoms with Gasteiger partial charge in [-0.05, 0) is 82.3 Å². The Morgan fingerprint density at radius 1 is 0.114 bits per heavy atom. The summed E-state index contributed by atoms with van der Waals surface area (Å²) in [6.07, 6.45) is 0. The Labute approximate surface area is 498 Å². The van der Waals surface area contributed by atoms with Gasteiger partial charge in [-0.2, -0.15) is 0 Å². The Morgan fingerprint density at radius 3 is 0.658 bits per heavy atom. The zero-order valence-electron chi connectivity index (χ0n) is 54.4. The molecular formula is C48H60B30O. The van der Waals surface area contributed by atoms with E-state index in [1.54, 1.807) is 0 Å². The summed E-state index contributed by atoms with van der Waals surface area (Å²) in [4.78, 5) is 0. The van der Waals surface area contributed by atoms with Gasteiger partial charge in [0, 0.05) is 10.8 Å². The van der Waals surface area contributed by atoms with E-state index in [0.717, 1.165) is 11.2 Å². The SMILES string of the molecule is Bc1c(B)c(B)c(-c2c(B)c(B)c(B)c(-c3c4c(B)c(B)c(B)c(B)c4c(-c4c(B)c(B)c(-c5c(B)c(B)c6oc7c(B)c8c(B)c(B)c(B)c(B)c8c(B)c7c6c5B)c(B)c4B)c4c(B)c(B)c(B)c(B)c34)c2B)c(B)c1B. The molecular weight excluding hydrogens is 917 g/mol. The molecule has 0 atom stereocenters. The molecule has 0 fully saturated rings. The molecule has 0 aliphatic heterocycles. The lowest BCUT2D eigenvalue weighted by Gasteiger charge is -2.33. The normalized spacial score (nSPS) is 11.8. The molecule has 0 bridgehead atoms. The second-order valence-corrected chi connectivity index (χ2v) is 25.5. The Bertz CT molecular complexity index is 4460. The molecule has 10 aromatic rings. The summed E-state index contributed by atoms with van der Waals surface area (Å²) in [5.74, 6) is 0. The zero-order chi connectivity index (χ0) is 58.4. The molecule has 0 N–H and O–H groups in total. The van der Waals surface area contributed by atoms with Crippen LogP contribution in [0, 0.1) is 0 Å². The molecule has 0 saturated heterocycles. The van der Waals surface area contributed by atoms with Gasteiger partial charge in [0.2, 0.25) is 0 Å². The number of fused-ring (bicyclic) bond motifs is 6. The summed E-state index contributed by atoms with van der Waals surface area (Å²) >= 11 is 0. The molecule has 0 aliphatic rings. The summed E-state index contributed by atoms with van der Waals surface area (Å²) in [6.45, 7) is 0. The van der Waals surface area contributed by atoms with Gasteiger partial charge in [-0.1, -0.05) is 104 Å². The van der Waals surface area contributed by atoms with Crippen molar-refractivity contribution in [2.45, 2.75) is 0 Å². The van der Waals surface area contributed by atoms with Crippen molar-refractivity contribution < 1.29 is 4.42 Å². The van der Waals surface area contributed by atoms with Crippen LogP contribution in [0.5, 0.6) is 0 Å². The minimum Gasteiger partial charge on any atom is -0.457 e. The highest BCUT2D eigenvalue weighted by atomic mass is 16.3. The number of rotatable bonds is 4. The third-order valence-electron chi connectivity index (χ3n) is 22.7. The van der Waals surface area contributed by atoms with Crippen molar-refractivity contribution in [2.75, 3.05) is 0 Å². The Balaban J connectivity index is 1.39. The topological polar surface area (TPSA) is 13.1 Å². The fourth-order valence-electron chi connectivity index (χ4n) is 16.0. The number of hydrogen-bond donors (Lipinski definition) is 0. The Kier molecular flexibility index (Phi) is 14.3. The largest absolute Gasteiger partial charge is 0.457 e. The standard InChI is InChI=1S/C48H60B30O/c49-17-7(28(60)36(68)29(61)9(17)13-31(63)43(75)45(77)44(76)32(13)64)1-3-5(22(54)39(71)37(69)20(3)52)2(6-4(1)21(53)38(70)40(72)23(6)55)8-24(56)26(58)12(27(59)25(8)57)10-18(50)16-15-19(51)11-14(33(65)42(74)41(73)30(11)62)35(67)47(15)79-48(16)46(78)34(10)66/h49-78H2. The van der Waals surface area contributed by atoms with Gasteiger partial charge in [0.25, 0.3) is 0 Å². The summed E-state index contributed by atoms with van der Waals surface area (Å²) in [5.41, 5.74) is 54.2. The van der Waals surface area contributed by atoms with Crippen molar-refractivity contribution in [3.05, 3.63) is 0 Å². The van der Waals surface area contributed by atoms with Crippen molar-refractivity contribution in [2.24, 2.45) is 0 Å². The van der Waals surface area contributed by atoms with E-state index in [9.17, 15) is 0 Å². The first-order valence-electron chi connectivity index (χ1n) is 29.4. The molecule has 1 heterocycles. The molecule has 0 saturated carbocycles. The lowest BCUT2D eigenvalue weighted by molar-refractivity contribution is 0.675. The minimum absolute atomic E-state index is 1.03. The van der Waals surface area contributed by atoms with Crippen LogP contribution in [0.15, 0.2) is 4.42 Å². The lowest BCUT2D eigenvalue weighted by Crippen LogP contribution is -2.57. The van der Waals surface area contributed by atoms with Crippen LogP contribution in [0.25, 0.3) is 98.8 Å². The number of furan rings is 1. The highest BCUT2D eigenvalue weighted by molar-refractivity contribution is 6.77. The van der Waals surface area contributed by atoms with Gasteiger partial charge in [-0.15, -0.1) is 54.6 Å². The van der Waals surface area contributed by atoms with Crippen molar-refractivity contribution >= 4 is 454 Å². The molecule has 0 amide bonds. The predicted octanol–water partition coefficient (Wildman–Crippen LogP) is -38.5. The molecule has 79 heavy (non-hydrogen) atoms. The first kappa shape index (κ1) is 57.7. The van der Waals surface area contributed by atoms with Gasteiger partial charge < -0.3 is 4.42 Å². The lowest BCUT2D eigenvalue weighted by atomic mass is 9.54. The van der Waals surface area contributed by atoms with Crippen molar-refractivity contribution in [1.82, 2.24) is 0 Å². The summed E-state index contributed by atoms with van der Waals surface area (Å²) in [5, 5.41) is 10.9. The second-order valence-electron chi connectivity index (χ2n) is 25.5. The highest BCUT2D eigenvalue weighted by Crippen LogP contribution is 2.39. The van der Waals surface area contributed by atoms with Crippen LogP contribution in [0.2, 0.25) is 0 Å². The molecule has 31 heteroatoms. The van der Waals surface area contributed by atoms with Crippen molar-refractivity contribution in [3.8, 4) is 44.5 Å². The average Bonchev–Trinajstić information content (AvgIpc) is 3.83. The van der Waals surface area contributed by atoms with E-state index in [4.69, 9.17) is 4.42 Å². The third-order valence-corrected chi connectivity index (χ3v) is 22.7. The minimum atomic E-state index is 1.03. The number of benzene rings is 9. The van der Waals surface area contributed by atoms with E-state index in [1.165, 1.54) is 251 Å². The van der Waals surface area contributed by atoms with E-state index in [1.807, 2.05) is 0 Å².